The molecule has 0 saturated heterocycles. The standard InChI is InChI=1S/C12H9BrFN3S/c1-17-12(18-2)10(13)11(16-17)8-4-3-7(6-15)5-9(8)14/h3-5H,1-2H3. The zero-order chi connectivity index (χ0) is 13.3. The number of thioether (sulfide) groups is 1. The van der Waals surface area contributed by atoms with Gasteiger partial charge in [-0.3, -0.25) is 4.68 Å². The number of benzene rings is 1. The van der Waals surface area contributed by atoms with Crippen LogP contribution in [0.25, 0.3) is 11.3 Å². The normalized spacial score (nSPS) is 10.4. The first-order chi connectivity index (χ1) is 8.58. The van der Waals surface area contributed by atoms with Crippen molar-refractivity contribution < 1.29 is 4.39 Å². The number of hydrogen-bond donors (Lipinski definition) is 0. The van der Waals surface area contributed by atoms with Gasteiger partial charge in [0.2, 0.25) is 0 Å². The van der Waals surface area contributed by atoms with E-state index in [0.29, 0.717) is 16.8 Å². The summed E-state index contributed by atoms with van der Waals surface area (Å²) in [7, 11) is 1.81. The lowest BCUT2D eigenvalue weighted by atomic mass is 10.1. The van der Waals surface area contributed by atoms with Crippen molar-refractivity contribution in [3.8, 4) is 17.3 Å². The second-order valence-electron chi connectivity index (χ2n) is 3.60. The summed E-state index contributed by atoms with van der Waals surface area (Å²) in [5.74, 6) is -0.444. The number of aryl methyl sites for hydroxylation is 1. The SMILES string of the molecule is CSc1c(Br)c(-c2ccc(C#N)cc2F)nn1C. The van der Waals surface area contributed by atoms with Crippen LogP contribution >= 0.6 is 27.7 Å². The van der Waals surface area contributed by atoms with E-state index in [0.717, 1.165) is 9.50 Å². The van der Waals surface area contributed by atoms with Gasteiger partial charge in [0.25, 0.3) is 0 Å². The molecule has 92 valence electrons. The van der Waals surface area contributed by atoms with E-state index in [-0.39, 0.29) is 0 Å². The number of halogens is 2. The molecule has 0 bridgehead atoms. The van der Waals surface area contributed by atoms with E-state index in [9.17, 15) is 4.39 Å². The molecule has 1 aromatic heterocycles. The molecule has 0 unspecified atom stereocenters. The van der Waals surface area contributed by atoms with Crippen LogP contribution in [-0.4, -0.2) is 16.0 Å². The Balaban J connectivity index is 2.60. The molecule has 1 heterocycles. The molecule has 0 radical (unpaired) electrons. The lowest BCUT2D eigenvalue weighted by molar-refractivity contribution is 0.629. The van der Waals surface area contributed by atoms with Gasteiger partial charge in [0.15, 0.2) is 0 Å². The predicted octanol–water partition coefficient (Wildman–Crippen LogP) is 3.58. The Morgan fingerprint density at radius 3 is 2.72 bits per heavy atom. The quantitative estimate of drug-likeness (QED) is 0.792. The maximum absolute atomic E-state index is 13.9. The Hall–Kier alpha value is -1.32. The highest BCUT2D eigenvalue weighted by Crippen LogP contribution is 2.35. The van der Waals surface area contributed by atoms with Crippen molar-refractivity contribution in [2.45, 2.75) is 5.03 Å². The fourth-order valence-electron chi connectivity index (χ4n) is 1.65. The average Bonchev–Trinajstić information content (AvgIpc) is 2.64. The van der Waals surface area contributed by atoms with E-state index in [1.807, 2.05) is 19.4 Å². The molecular weight excluding hydrogens is 317 g/mol. The summed E-state index contributed by atoms with van der Waals surface area (Å²) in [5.41, 5.74) is 1.23. The van der Waals surface area contributed by atoms with Crippen LogP contribution in [0.1, 0.15) is 5.56 Å². The summed E-state index contributed by atoms with van der Waals surface area (Å²) in [6.07, 6.45) is 1.93. The van der Waals surface area contributed by atoms with Crippen LogP contribution in [-0.2, 0) is 7.05 Å². The van der Waals surface area contributed by atoms with E-state index in [2.05, 4.69) is 21.0 Å². The van der Waals surface area contributed by atoms with Gasteiger partial charge < -0.3 is 0 Å². The van der Waals surface area contributed by atoms with Crippen molar-refractivity contribution in [2.24, 2.45) is 7.05 Å². The van der Waals surface area contributed by atoms with Crippen LogP contribution in [0.5, 0.6) is 0 Å². The highest BCUT2D eigenvalue weighted by molar-refractivity contribution is 9.10. The third-order valence-electron chi connectivity index (χ3n) is 2.49. The smallest absolute Gasteiger partial charge is 0.134 e. The summed E-state index contributed by atoms with van der Waals surface area (Å²) >= 11 is 4.96. The molecule has 2 aromatic rings. The van der Waals surface area contributed by atoms with Crippen molar-refractivity contribution in [2.75, 3.05) is 6.26 Å². The lowest BCUT2D eigenvalue weighted by Gasteiger charge is -2.00. The Morgan fingerprint density at radius 1 is 1.50 bits per heavy atom. The molecule has 0 spiro atoms. The highest BCUT2D eigenvalue weighted by Gasteiger charge is 2.17. The van der Waals surface area contributed by atoms with Gasteiger partial charge in [-0.15, -0.1) is 11.8 Å². The molecule has 3 nitrogen and oxygen atoms in total. The van der Waals surface area contributed by atoms with E-state index in [1.54, 1.807) is 16.8 Å². The molecule has 0 amide bonds. The Morgan fingerprint density at radius 2 is 2.22 bits per heavy atom. The van der Waals surface area contributed by atoms with Gasteiger partial charge in [0, 0.05) is 12.6 Å². The van der Waals surface area contributed by atoms with Crippen molar-refractivity contribution >= 4 is 27.7 Å². The monoisotopic (exact) mass is 325 g/mol. The van der Waals surface area contributed by atoms with Crippen molar-refractivity contribution in [3.05, 3.63) is 34.1 Å². The number of nitrogens with zero attached hydrogens (tertiary/aromatic N) is 3. The van der Waals surface area contributed by atoms with Gasteiger partial charge in [-0.1, -0.05) is 0 Å². The zero-order valence-electron chi connectivity index (χ0n) is 9.74. The number of aromatic nitrogens is 2. The molecule has 2 rings (SSSR count). The average molecular weight is 326 g/mol. The second kappa shape index (κ2) is 5.12. The van der Waals surface area contributed by atoms with Crippen LogP contribution in [0.2, 0.25) is 0 Å². The number of nitriles is 1. The van der Waals surface area contributed by atoms with Crippen molar-refractivity contribution in [1.82, 2.24) is 9.78 Å². The van der Waals surface area contributed by atoms with Crippen molar-refractivity contribution in [1.29, 1.82) is 5.26 Å². The minimum Gasteiger partial charge on any atom is -0.260 e. The molecule has 0 saturated carbocycles. The lowest BCUT2D eigenvalue weighted by Crippen LogP contribution is -1.92. The van der Waals surface area contributed by atoms with Gasteiger partial charge in [0.05, 0.1) is 16.1 Å². The molecule has 18 heavy (non-hydrogen) atoms. The Labute approximate surface area is 117 Å². The van der Waals surface area contributed by atoms with Crippen LogP contribution in [0.4, 0.5) is 4.39 Å². The Kier molecular flexibility index (Phi) is 3.73. The van der Waals surface area contributed by atoms with Crippen LogP contribution in [0, 0.1) is 17.1 Å². The largest absolute Gasteiger partial charge is 0.260 e. The molecule has 0 aliphatic heterocycles. The van der Waals surface area contributed by atoms with E-state index in [1.165, 1.54) is 17.8 Å². The molecule has 6 heteroatoms. The number of rotatable bonds is 2. The fraction of sp³-hybridized carbons (Fsp3) is 0.167. The first kappa shape index (κ1) is 13.1. The van der Waals surface area contributed by atoms with E-state index >= 15 is 0 Å². The van der Waals surface area contributed by atoms with Crippen LogP contribution in [0.15, 0.2) is 27.7 Å². The third-order valence-corrected chi connectivity index (χ3v) is 4.35. The first-order valence-electron chi connectivity index (χ1n) is 5.05. The fourth-order valence-corrected chi connectivity index (χ4v) is 3.27. The maximum atomic E-state index is 13.9. The second-order valence-corrected chi connectivity index (χ2v) is 5.19. The minimum atomic E-state index is -0.444. The molecule has 0 atom stereocenters. The Bertz CT molecular complexity index is 646. The van der Waals surface area contributed by atoms with Crippen molar-refractivity contribution in [3.63, 3.8) is 0 Å². The highest BCUT2D eigenvalue weighted by atomic mass is 79.9. The van der Waals surface area contributed by atoms with Gasteiger partial charge in [-0.05, 0) is 40.4 Å². The molecule has 0 fully saturated rings. The summed E-state index contributed by atoms with van der Waals surface area (Å²) in [4.78, 5) is 0. The topological polar surface area (TPSA) is 41.6 Å². The van der Waals surface area contributed by atoms with Crippen LogP contribution in [0.3, 0.4) is 0 Å². The molecular formula is C12H9BrFN3S. The number of hydrogen-bond acceptors (Lipinski definition) is 3. The zero-order valence-corrected chi connectivity index (χ0v) is 12.1. The molecule has 0 N–H and O–H groups in total. The third kappa shape index (κ3) is 2.16. The summed E-state index contributed by atoms with van der Waals surface area (Å²) in [6, 6.07) is 6.28. The van der Waals surface area contributed by atoms with Gasteiger partial charge in [0.1, 0.15) is 16.5 Å². The summed E-state index contributed by atoms with van der Waals surface area (Å²) in [5, 5.41) is 13.9. The van der Waals surface area contributed by atoms with E-state index < -0.39 is 5.82 Å². The summed E-state index contributed by atoms with van der Waals surface area (Å²) in [6.45, 7) is 0. The molecule has 1 aromatic carbocycles. The maximum Gasteiger partial charge on any atom is 0.134 e. The first-order valence-corrected chi connectivity index (χ1v) is 7.06. The molecule has 0 aliphatic rings. The van der Waals surface area contributed by atoms with Gasteiger partial charge in [-0.2, -0.15) is 10.4 Å². The van der Waals surface area contributed by atoms with Gasteiger partial charge in [-0.25, -0.2) is 4.39 Å². The van der Waals surface area contributed by atoms with Crippen LogP contribution < -0.4 is 0 Å². The predicted molar refractivity (Wildman–Crippen MR) is 72.8 cm³/mol. The molecule has 0 aliphatic carbocycles. The minimum absolute atomic E-state index is 0.299. The summed E-state index contributed by atoms with van der Waals surface area (Å²) < 4.78 is 16.4. The van der Waals surface area contributed by atoms with Gasteiger partial charge >= 0.3 is 0 Å². The van der Waals surface area contributed by atoms with E-state index in [4.69, 9.17) is 5.26 Å².